The van der Waals surface area contributed by atoms with Crippen molar-refractivity contribution in [3.8, 4) is 0 Å². The largest absolute Gasteiger partial charge is 0.463 e. The first kappa shape index (κ1) is 11.4. The van der Waals surface area contributed by atoms with Crippen LogP contribution in [0.1, 0.15) is 6.42 Å². The average molecular weight is 187 g/mol. The molecule has 0 aromatic rings. The fourth-order valence-corrected chi connectivity index (χ4v) is 1.73. The number of carbonyl (C=O) groups excluding carboxylic acids is 1. The van der Waals surface area contributed by atoms with E-state index in [4.69, 9.17) is 4.74 Å². The van der Waals surface area contributed by atoms with Crippen molar-refractivity contribution in [2.45, 2.75) is 25.6 Å². The molecular weight excluding hydrogens is 172 g/mol. The van der Waals surface area contributed by atoms with Gasteiger partial charge < -0.3 is 4.74 Å². The van der Waals surface area contributed by atoms with E-state index < -0.39 is 14.3 Å². The topological polar surface area (TPSA) is 46.2 Å². The number of esters is 1. The van der Waals surface area contributed by atoms with Gasteiger partial charge in [-0.05, 0) is 25.6 Å². The summed E-state index contributed by atoms with van der Waals surface area (Å²) < 4.78 is 4.71. The van der Waals surface area contributed by atoms with Crippen LogP contribution >= 0.6 is 0 Å². The minimum Gasteiger partial charge on any atom is -0.463 e. The van der Waals surface area contributed by atoms with Crippen molar-refractivity contribution in [2.75, 3.05) is 6.61 Å². The monoisotopic (exact) mass is 187 g/mol. The molecule has 0 saturated carbocycles. The van der Waals surface area contributed by atoms with Gasteiger partial charge in [-0.15, -0.1) is 0 Å². The Hall–Kier alpha value is -0.613. The molecule has 0 saturated heterocycles. The lowest BCUT2D eigenvalue weighted by atomic mass is 10.5. The summed E-state index contributed by atoms with van der Waals surface area (Å²) in [7, 11) is -2.21. The Morgan fingerprint density at radius 2 is 2.17 bits per heavy atom. The molecule has 0 fully saturated rings. The van der Waals surface area contributed by atoms with Gasteiger partial charge in [-0.2, -0.15) is 0 Å². The Labute approximate surface area is 74.2 Å². The molecule has 3 nitrogen and oxygen atoms in total. The fourth-order valence-electron chi connectivity index (χ4n) is 0.730. The van der Waals surface area contributed by atoms with Crippen LogP contribution in [0.2, 0.25) is 19.1 Å². The van der Waals surface area contributed by atoms with Crippen LogP contribution in [0.5, 0.6) is 0 Å². The van der Waals surface area contributed by atoms with Crippen LogP contribution in [0.25, 0.3) is 0 Å². The molecule has 0 heterocycles. The van der Waals surface area contributed by atoms with Crippen LogP contribution in [0, 0.1) is 0 Å². The summed E-state index contributed by atoms with van der Waals surface area (Å²) in [4.78, 5) is 21.7. The van der Waals surface area contributed by atoms with E-state index in [1.165, 1.54) is 0 Å². The van der Waals surface area contributed by atoms with Gasteiger partial charge in [0.15, 0.2) is 0 Å². The van der Waals surface area contributed by atoms with Crippen molar-refractivity contribution in [1.29, 1.82) is 0 Å². The van der Waals surface area contributed by atoms with Crippen LogP contribution in [0.4, 0.5) is 0 Å². The van der Waals surface area contributed by atoms with E-state index in [9.17, 15) is 9.59 Å². The summed E-state index contributed by atoms with van der Waals surface area (Å²) in [6, 6.07) is 0.650. The van der Waals surface area contributed by atoms with Gasteiger partial charge in [0.2, 0.25) is 8.32 Å². The number of hydrogen-bond acceptors (Lipinski definition) is 2. The molecule has 4 heteroatoms. The van der Waals surface area contributed by atoms with E-state index in [1.54, 1.807) is 13.1 Å². The zero-order valence-electron chi connectivity index (χ0n) is 7.63. The first-order valence-corrected chi connectivity index (χ1v) is 7.07. The molecule has 0 unspecified atom stereocenters. The van der Waals surface area contributed by atoms with Crippen LogP contribution in [-0.4, -0.2) is 20.9 Å². The van der Waals surface area contributed by atoms with Gasteiger partial charge in [0.05, 0.1) is 6.61 Å². The second kappa shape index (κ2) is 5.11. The Kier molecular flexibility index (Phi) is 4.85. The predicted octanol–water partition coefficient (Wildman–Crippen LogP) is 1.74. The summed E-state index contributed by atoms with van der Waals surface area (Å²) in [5.41, 5.74) is 0. The highest BCUT2D eigenvalue weighted by Crippen LogP contribution is 2.08. The van der Waals surface area contributed by atoms with Crippen LogP contribution < -0.4 is 0 Å². The lowest BCUT2D eigenvalue weighted by Gasteiger charge is -2.09. The van der Waals surface area contributed by atoms with E-state index in [1.807, 2.05) is 0 Å². The summed E-state index contributed by atoms with van der Waals surface area (Å²) in [5, 5.41) is 0. The van der Waals surface area contributed by atoms with Crippen LogP contribution in [0.3, 0.4) is 0 Å². The standard InChI is InChI=1S/C8H15O3Si/c1-4-8(9)11-6-5-7-12(2,3)10/h4H,1,5-7H2,2-3H3. The van der Waals surface area contributed by atoms with Gasteiger partial charge in [-0.25, -0.2) is 4.79 Å². The molecule has 0 aromatic carbocycles. The van der Waals surface area contributed by atoms with Crippen molar-refractivity contribution < 1.29 is 14.3 Å². The van der Waals surface area contributed by atoms with Crippen molar-refractivity contribution in [1.82, 2.24) is 0 Å². The molecule has 0 N–H and O–H groups in total. The average Bonchev–Trinajstić information content (AvgIpc) is 1.96. The zero-order chi connectivity index (χ0) is 9.61. The lowest BCUT2D eigenvalue weighted by molar-refractivity contribution is -0.137. The quantitative estimate of drug-likeness (QED) is 0.285. The van der Waals surface area contributed by atoms with Crippen molar-refractivity contribution in [2.24, 2.45) is 0 Å². The van der Waals surface area contributed by atoms with Crippen molar-refractivity contribution >= 4 is 14.3 Å². The second-order valence-electron chi connectivity index (χ2n) is 3.23. The SMILES string of the molecule is C=CC(=O)OCCC[Si](C)(C)[O]. The zero-order valence-corrected chi connectivity index (χ0v) is 8.63. The number of rotatable bonds is 5. The Morgan fingerprint density at radius 1 is 1.58 bits per heavy atom. The summed E-state index contributed by atoms with van der Waals surface area (Å²) in [6.07, 6.45) is 1.79. The molecule has 0 aliphatic heterocycles. The van der Waals surface area contributed by atoms with E-state index >= 15 is 0 Å². The van der Waals surface area contributed by atoms with Gasteiger partial charge >= 0.3 is 5.97 Å². The van der Waals surface area contributed by atoms with E-state index in [0.717, 1.165) is 6.08 Å². The van der Waals surface area contributed by atoms with Crippen LogP contribution in [-0.2, 0) is 14.3 Å². The summed E-state index contributed by atoms with van der Waals surface area (Å²) >= 11 is 0. The molecule has 12 heavy (non-hydrogen) atoms. The third-order valence-corrected chi connectivity index (χ3v) is 2.89. The number of carbonyl (C=O) groups is 1. The number of hydrogen-bond donors (Lipinski definition) is 0. The molecule has 0 rings (SSSR count). The van der Waals surface area contributed by atoms with Crippen LogP contribution in [0.15, 0.2) is 12.7 Å². The van der Waals surface area contributed by atoms with Gasteiger partial charge in [0.25, 0.3) is 0 Å². The fraction of sp³-hybridized carbons (Fsp3) is 0.625. The van der Waals surface area contributed by atoms with E-state index in [2.05, 4.69) is 6.58 Å². The van der Waals surface area contributed by atoms with E-state index in [-0.39, 0.29) is 0 Å². The highest BCUT2D eigenvalue weighted by atomic mass is 28.4. The summed E-state index contributed by atoms with van der Waals surface area (Å²) in [6.45, 7) is 7.10. The third kappa shape index (κ3) is 7.49. The minimum atomic E-state index is -2.21. The van der Waals surface area contributed by atoms with Crippen molar-refractivity contribution in [3.63, 3.8) is 0 Å². The molecule has 0 amide bonds. The number of ether oxygens (including phenoxy) is 1. The van der Waals surface area contributed by atoms with Gasteiger partial charge in [-0.1, -0.05) is 6.58 Å². The molecular formula is C8H15O3Si. The molecule has 0 aliphatic carbocycles. The Balaban J connectivity index is 3.34. The van der Waals surface area contributed by atoms with Crippen molar-refractivity contribution in [3.05, 3.63) is 12.7 Å². The minimum absolute atomic E-state index is 0.337. The first-order chi connectivity index (χ1) is 5.45. The van der Waals surface area contributed by atoms with Gasteiger partial charge in [0, 0.05) is 6.08 Å². The van der Waals surface area contributed by atoms with Gasteiger partial charge in [-0.3, -0.25) is 4.80 Å². The normalized spacial score (nSPS) is 10.9. The first-order valence-electron chi connectivity index (χ1n) is 3.95. The molecule has 0 bridgehead atoms. The van der Waals surface area contributed by atoms with Gasteiger partial charge in [0.1, 0.15) is 0 Å². The third-order valence-electron chi connectivity index (χ3n) is 1.33. The molecule has 69 valence electrons. The Morgan fingerprint density at radius 3 is 2.58 bits per heavy atom. The maximum atomic E-state index is 11.2. The molecule has 1 radical (unpaired) electrons. The Bertz CT molecular complexity index is 160. The molecule has 0 spiro atoms. The highest BCUT2D eigenvalue weighted by molar-refractivity contribution is 6.69. The smallest absolute Gasteiger partial charge is 0.330 e. The van der Waals surface area contributed by atoms with E-state index in [0.29, 0.717) is 19.1 Å². The maximum Gasteiger partial charge on any atom is 0.330 e. The second-order valence-corrected chi connectivity index (χ2v) is 7.25. The maximum absolute atomic E-state index is 11.2. The summed E-state index contributed by atoms with van der Waals surface area (Å²) in [5.74, 6) is -0.416. The molecule has 0 aliphatic rings. The highest BCUT2D eigenvalue weighted by Gasteiger charge is 2.18. The molecule has 0 aromatic heterocycles. The predicted molar refractivity (Wildman–Crippen MR) is 48.7 cm³/mol. The lowest BCUT2D eigenvalue weighted by Crippen LogP contribution is -2.22. The molecule has 0 atom stereocenters.